The Morgan fingerprint density at radius 2 is 0.963 bits per heavy atom. The van der Waals surface area contributed by atoms with Crippen molar-refractivity contribution in [3.63, 3.8) is 0 Å². The van der Waals surface area contributed by atoms with Gasteiger partial charge in [0.15, 0.2) is 0 Å². The Morgan fingerprint density at radius 3 is 1.15 bits per heavy atom. The van der Waals surface area contributed by atoms with Gasteiger partial charge in [-0.05, 0) is 19.1 Å². The Bertz CT molecular complexity index is 752. The molecule has 0 aromatic heterocycles. The summed E-state index contributed by atoms with van der Waals surface area (Å²) >= 11 is 0. The third kappa shape index (κ3) is 18.7. The number of carboxylic acid groups (broad SMARTS) is 4. The maximum Gasteiger partial charge on any atom is 0.328 e. The number of hydrogen-bond donors (Lipinski definition) is 5. The van der Waals surface area contributed by atoms with E-state index >= 15 is 0 Å². The fourth-order valence-corrected chi connectivity index (χ4v) is 1.48. The number of rotatable bonds is 5. The SMILES string of the molecule is Cc1ccc(S(=O)(=O)O)cc1.O=C(O)/C=C/C(=O)O.O=C(O)/C=C\C(=O)O. The first-order chi connectivity index (χ1) is 12.3. The molecular formula is C15H16O11S. The first-order valence-electron chi connectivity index (χ1n) is 6.57. The lowest BCUT2D eigenvalue weighted by Gasteiger charge is -1.95. The largest absolute Gasteiger partial charge is 0.478 e. The van der Waals surface area contributed by atoms with E-state index in [9.17, 15) is 27.6 Å². The molecule has 0 bridgehead atoms. The topological polar surface area (TPSA) is 204 Å². The number of aryl methyl sites for hydroxylation is 1. The van der Waals surface area contributed by atoms with Crippen LogP contribution >= 0.6 is 0 Å². The summed E-state index contributed by atoms with van der Waals surface area (Å²) in [6, 6.07) is 5.99. The molecule has 1 aromatic carbocycles. The predicted octanol–water partition coefficient (Wildman–Crippen LogP) is 0.665. The summed E-state index contributed by atoms with van der Waals surface area (Å²) in [6.45, 7) is 1.84. The summed E-state index contributed by atoms with van der Waals surface area (Å²) < 4.78 is 29.6. The van der Waals surface area contributed by atoms with E-state index in [1.54, 1.807) is 12.1 Å². The van der Waals surface area contributed by atoms with Gasteiger partial charge in [0.1, 0.15) is 0 Å². The summed E-state index contributed by atoms with van der Waals surface area (Å²) in [5.74, 6) is -5.03. The third-order valence-corrected chi connectivity index (χ3v) is 2.92. The molecule has 0 amide bonds. The predicted molar refractivity (Wildman–Crippen MR) is 89.8 cm³/mol. The number of aliphatic carboxylic acids is 4. The molecule has 0 atom stereocenters. The first kappa shape index (κ1) is 25.7. The minimum absolute atomic E-state index is 0.0666. The fourth-order valence-electron chi connectivity index (χ4n) is 0.995. The smallest absolute Gasteiger partial charge is 0.328 e. The van der Waals surface area contributed by atoms with Gasteiger partial charge in [0.2, 0.25) is 0 Å². The molecule has 1 rings (SSSR count). The van der Waals surface area contributed by atoms with Gasteiger partial charge in [-0.25, -0.2) is 19.2 Å². The van der Waals surface area contributed by atoms with Crippen molar-refractivity contribution >= 4 is 34.0 Å². The van der Waals surface area contributed by atoms with Crippen molar-refractivity contribution in [3.05, 3.63) is 54.1 Å². The zero-order chi connectivity index (χ0) is 21.6. The zero-order valence-electron chi connectivity index (χ0n) is 13.7. The second-order valence-corrected chi connectivity index (χ2v) is 5.73. The lowest BCUT2D eigenvalue weighted by Crippen LogP contribution is -1.96. The van der Waals surface area contributed by atoms with E-state index < -0.39 is 34.0 Å². The molecule has 5 N–H and O–H groups in total. The van der Waals surface area contributed by atoms with Crippen LogP contribution in [0.5, 0.6) is 0 Å². The highest BCUT2D eigenvalue weighted by Crippen LogP contribution is 2.08. The van der Waals surface area contributed by atoms with E-state index in [1.807, 2.05) is 6.92 Å². The molecule has 0 saturated carbocycles. The van der Waals surface area contributed by atoms with Gasteiger partial charge < -0.3 is 20.4 Å². The molecule has 0 aliphatic carbocycles. The molecule has 12 heteroatoms. The summed E-state index contributed by atoms with van der Waals surface area (Å²) in [5.41, 5.74) is 0.956. The molecule has 0 radical (unpaired) electrons. The van der Waals surface area contributed by atoms with Gasteiger partial charge in [0.25, 0.3) is 10.1 Å². The maximum atomic E-state index is 10.5. The highest BCUT2D eigenvalue weighted by molar-refractivity contribution is 7.85. The van der Waals surface area contributed by atoms with Gasteiger partial charge in [-0.15, -0.1) is 0 Å². The van der Waals surface area contributed by atoms with Crippen LogP contribution in [-0.4, -0.2) is 57.3 Å². The molecule has 27 heavy (non-hydrogen) atoms. The van der Waals surface area contributed by atoms with E-state index in [-0.39, 0.29) is 4.90 Å². The minimum atomic E-state index is -4.02. The van der Waals surface area contributed by atoms with E-state index in [1.165, 1.54) is 12.1 Å². The molecule has 0 spiro atoms. The normalized spacial score (nSPS) is 10.3. The number of carbonyl (C=O) groups is 4. The van der Waals surface area contributed by atoms with E-state index in [0.717, 1.165) is 5.56 Å². The number of benzene rings is 1. The molecule has 0 saturated heterocycles. The molecule has 0 unspecified atom stereocenters. The van der Waals surface area contributed by atoms with E-state index in [4.69, 9.17) is 25.0 Å². The minimum Gasteiger partial charge on any atom is -0.478 e. The Hall–Kier alpha value is -3.51. The third-order valence-electron chi connectivity index (χ3n) is 2.06. The Balaban J connectivity index is 0. The van der Waals surface area contributed by atoms with Gasteiger partial charge in [-0.2, -0.15) is 8.42 Å². The Kier molecular flexibility index (Phi) is 12.2. The van der Waals surface area contributed by atoms with Crippen LogP contribution in [0.4, 0.5) is 0 Å². The molecule has 148 valence electrons. The van der Waals surface area contributed by atoms with Crippen LogP contribution in [0.15, 0.2) is 53.5 Å². The molecule has 0 fully saturated rings. The Morgan fingerprint density at radius 1 is 0.704 bits per heavy atom. The van der Waals surface area contributed by atoms with Crippen LogP contribution in [0.3, 0.4) is 0 Å². The molecule has 0 aliphatic heterocycles. The van der Waals surface area contributed by atoms with Crippen molar-refractivity contribution in [1.29, 1.82) is 0 Å². The maximum absolute atomic E-state index is 10.5. The van der Waals surface area contributed by atoms with Crippen LogP contribution in [0, 0.1) is 6.92 Å². The second kappa shape index (κ2) is 12.8. The van der Waals surface area contributed by atoms with Crippen molar-refractivity contribution in [2.75, 3.05) is 0 Å². The summed E-state index contributed by atoms with van der Waals surface area (Å²) in [5, 5.41) is 31.2. The van der Waals surface area contributed by atoms with Crippen LogP contribution in [-0.2, 0) is 29.3 Å². The highest BCUT2D eigenvalue weighted by atomic mass is 32.2. The summed E-state index contributed by atoms with van der Waals surface area (Å²) in [6.07, 6.45) is 2.23. The quantitative estimate of drug-likeness (QED) is 0.340. The standard InChI is InChI=1S/C7H8O3S.2C4H4O4/c1-6-2-4-7(5-3-6)11(8,9)10;2*5-3(6)1-2-4(7)8/h2-5H,1H3,(H,8,9,10);2*1-2H,(H,5,6)(H,7,8)/b;2-1+;2-1-. The molecular weight excluding hydrogens is 388 g/mol. The fraction of sp³-hybridized carbons (Fsp3) is 0.0667. The van der Waals surface area contributed by atoms with E-state index in [0.29, 0.717) is 24.3 Å². The van der Waals surface area contributed by atoms with Gasteiger partial charge in [-0.1, -0.05) is 17.7 Å². The molecule has 11 nitrogen and oxygen atoms in total. The van der Waals surface area contributed by atoms with Crippen LogP contribution in [0.1, 0.15) is 5.56 Å². The van der Waals surface area contributed by atoms with Crippen molar-refractivity contribution in [2.24, 2.45) is 0 Å². The summed E-state index contributed by atoms with van der Waals surface area (Å²) in [7, 11) is -4.02. The lowest BCUT2D eigenvalue weighted by atomic mass is 10.2. The van der Waals surface area contributed by atoms with Crippen molar-refractivity contribution in [2.45, 2.75) is 11.8 Å². The van der Waals surface area contributed by atoms with Gasteiger partial charge in [-0.3, -0.25) is 4.55 Å². The van der Waals surface area contributed by atoms with Crippen LogP contribution in [0.25, 0.3) is 0 Å². The number of hydrogen-bond acceptors (Lipinski definition) is 6. The van der Waals surface area contributed by atoms with Crippen molar-refractivity contribution in [1.82, 2.24) is 0 Å². The second-order valence-electron chi connectivity index (χ2n) is 4.31. The highest BCUT2D eigenvalue weighted by Gasteiger charge is 2.06. The molecule has 1 aromatic rings. The zero-order valence-corrected chi connectivity index (χ0v) is 14.5. The average Bonchev–Trinajstić information content (AvgIpc) is 2.52. The van der Waals surface area contributed by atoms with Crippen molar-refractivity contribution < 1.29 is 52.6 Å². The van der Waals surface area contributed by atoms with Crippen LogP contribution in [0.2, 0.25) is 0 Å². The van der Waals surface area contributed by atoms with Crippen LogP contribution < -0.4 is 0 Å². The summed E-state index contributed by atoms with van der Waals surface area (Å²) in [4.78, 5) is 38.1. The number of carboxylic acids is 4. The monoisotopic (exact) mass is 404 g/mol. The molecule has 0 aliphatic rings. The molecule has 0 heterocycles. The lowest BCUT2D eigenvalue weighted by molar-refractivity contribution is -0.134. The first-order valence-corrected chi connectivity index (χ1v) is 8.01. The van der Waals surface area contributed by atoms with E-state index in [2.05, 4.69) is 0 Å². The van der Waals surface area contributed by atoms with Crippen molar-refractivity contribution in [3.8, 4) is 0 Å². The van der Waals surface area contributed by atoms with Gasteiger partial charge >= 0.3 is 23.9 Å². The average molecular weight is 404 g/mol. The van der Waals surface area contributed by atoms with Gasteiger partial charge in [0.05, 0.1) is 4.90 Å². The van der Waals surface area contributed by atoms with Gasteiger partial charge in [0, 0.05) is 24.3 Å². The Labute approximate surface area is 153 Å².